The van der Waals surface area contributed by atoms with Crippen LogP contribution in [0.15, 0.2) is 42.5 Å². The summed E-state index contributed by atoms with van der Waals surface area (Å²) in [7, 11) is 0. The molecule has 2 aromatic heterocycles. The zero-order chi connectivity index (χ0) is 19.3. The molecule has 5 aromatic rings. The highest BCUT2D eigenvalue weighted by atomic mass is 35.5. The van der Waals surface area contributed by atoms with Crippen molar-refractivity contribution in [1.82, 2.24) is 20.2 Å². The summed E-state index contributed by atoms with van der Waals surface area (Å²) in [5.41, 5.74) is 6.26. The molecule has 2 aliphatic rings. The fourth-order valence-corrected chi connectivity index (χ4v) is 5.29. The summed E-state index contributed by atoms with van der Waals surface area (Å²) in [5.74, 6) is -0.616. The van der Waals surface area contributed by atoms with E-state index in [2.05, 4.69) is 32.3 Å². The standard InChI is InChI=1S/C23H16N4O2.ClH/c28-22-17-15-12-5-1-2-7-14(12)25-19(15)21-16(18(17)23(29)26-22)13-6-3-4-11-10-24-8-9-27(21)20(11)13;/h1-7,24-25H,8-10H2,(H,26,28,29);1H. The van der Waals surface area contributed by atoms with Crippen molar-refractivity contribution in [3.63, 3.8) is 0 Å². The minimum atomic E-state index is -0.313. The molecule has 0 radical (unpaired) electrons. The predicted octanol–water partition coefficient (Wildman–Crippen LogP) is 3.84. The van der Waals surface area contributed by atoms with Gasteiger partial charge in [0.2, 0.25) is 0 Å². The lowest BCUT2D eigenvalue weighted by Crippen LogP contribution is -2.20. The van der Waals surface area contributed by atoms with Gasteiger partial charge in [0.15, 0.2) is 0 Å². The zero-order valence-electron chi connectivity index (χ0n) is 15.8. The van der Waals surface area contributed by atoms with Gasteiger partial charge in [-0.1, -0.05) is 36.4 Å². The maximum absolute atomic E-state index is 12.9. The molecule has 0 bridgehead atoms. The maximum Gasteiger partial charge on any atom is 0.259 e. The Bertz CT molecular complexity index is 1580. The highest BCUT2D eigenvalue weighted by Gasteiger charge is 2.36. The van der Waals surface area contributed by atoms with E-state index in [-0.39, 0.29) is 24.2 Å². The lowest BCUT2D eigenvalue weighted by atomic mass is 9.96. The van der Waals surface area contributed by atoms with Gasteiger partial charge in [-0.05, 0) is 11.6 Å². The molecule has 3 N–H and O–H groups in total. The Hall–Kier alpha value is -3.35. The number of nitrogens with zero attached hydrogens (tertiary/aromatic N) is 1. The largest absolute Gasteiger partial charge is 0.353 e. The Morgan fingerprint density at radius 1 is 0.833 bits per heavy atom. The first-order valence-electron chi connectivity index (χ1n) is 9.80. The first kappa shape index (κ1) is 17.5. The summed E-state index contributed by atoms with van der Waals surface area (Å²) in [4.78, 5) is 29.4. The van der Waals surface area contributed by atoms with Crippen molar-refractivity contribution in [2.45, 2.75) is 13.1 Å². The van der Waals surface area contributed by atoms with Gasteiger partial charge in [0.25, 0.3) is 11.8 Å². The van der Waals surface area contributed by atoms with E-state index in [4.69, 9.17) is 0 Å². The highest BCUT2D eigenvalue weighted by molar-refractivity contribution is 6.39. The summed E-state index contributed by atoms with van der Waals surface area (Å²) in [6, 6.07) is 14.2. The van der Waals surface area contributed by atoms with Crippen molar-refractivity contribution < 1.29 is 9.59 Å². The van der Waals surface area contributed by atoms with Gasteiger partial charge in [-0.25, -0.2) is 0 Å². The van der Waals surface area contributed by atoms with Gasteiger partial charge in [0.1, 0.15) is 0 Å². The molecule has 6 nitrogen and oxygen atoms in total. The number of benzene rings is 3. The number of H-pyrrole nitrogens is 1. The number of fused-ring (bicyclic) bond motifs is 10. The normalized spacial score (nSPS) is 15.6. The van der Waals surface area contributed by atoms with Crippen molar-refractivity contribution in [1.29, 1.82) is 0 Å². The first-order valence-corrected chi connectivity index (χ1v) is 9.80. The van der Waals surface area contributed by atoms with Gasteiger partial charge in [-0.2, -0.15) is 0 Å². The van der Waals surface area contributed by atoms with Gasteiger partial charge < -0.3 is 14.9 Å². The van der Waals surface area contributed by atoms with Crippen LogP contribution >= 0.6 is 12.4 Å². The molecule has 30 heavy (non-hydrogen) atoms. The van der Waals surface area contributed by atoms with E-state index >= 15 is 0 Å². The molecule has 148 valence electrons. The topological polar surface area (TPSA) is 78.9 Å². The molecular formula is C23H17ClN4O2. The Labute approximate surface area is 176 Å². The number of rotatable bonds is 0. The molecular weight excluding hydrogens is 400 g/mol. The van der Waals surface area contributed by atoms with Gasteiger partial charge in [0, 0.05) is 46.7 Å². The Morgan fingerprint density at radius 2 is 1.60 bits per heavy atom. The quantitative estimate of drug-likeness (QED) is 0.336. The van der Waals surface area contributed by atoms with Crippen LogP contribution in [0.25, 0.3) is 43.6 Å². The van der Waals surface area contributed by atoms with E-state index in [0.29, 0.717) is 11.1 Å². The molecule has 2 amide bonds. The molecule has 0 spiro atoms. The van der Waals surface area contributed by atoms with Crippen LogP contribution in [0.1, 0.15) is 26.3 Å². The molecule has 0 saturated carbocycles. The first-order chi connectivity index (χ1) is 14.2. The molecule has 0 unspecified atom stereocenters. The average Bonchev–Trinajstić information content (AvgIpc) is 3.28. The van der Waals surface area contributed by atoms with Crippen LogP contribution < -0.4 is 10.6 Å². The minimum Gasteiger partial charge on any atom is -0.353 e. The Morgan fingerprint density at radius 3 is 2.47 bits per heavy atom. The number of para-hydroxylation sites is 2. The van der Waals surface area contributed by atoms with Crippen LogP contribution in [-0.2, 0) is 13.1 Å². The van der Waals surface area contributed by atoms with Crippen molar-refractivity contribution in [3.8, 4) is 0 Å². The van der Waals surface area contributed by atoms with Crippen LogP contribution in [0.5, 0.6) is 0 Å². The number of halogens is 1. The molecule has 7 rings (SSSR count). The lowest BCUT2D eigenvalue weighted by molar-refractivity contribution is 0.0880. The van der Waals surface area contributed by atoms with E-state index in [9.17, 15) is 9.59 Å². The molecule has 2 aliphatic heterocycles. The molecule has 7 heteroatoms. The second-order valence-electron chi connectivity index (χ2n) is 7.82. The second-order valence-corrected chi connectivity index (χ2v) is 7.82. The molecule has 3 aromatic carbocycles. The third kappa shape index (κ3) is 1.92. The minimum absolute atomic E-state index is 0. The van der Waals surface area contributed by atoms with Crippen LogP contribution in [0.4, 0.5) is 0 Å². The Balaban J connectivity index is 0.00000175. The third-order valence-electron chi connectivity index (χ3n) is 6.37. The van der Waals surface area contributed by atoms with Gasteiger partial charge in [-0.15, -0.1) is 12.4 Å². The highest BCUT2D eigenvalue weighted by Crippen LogP contribution is 2.44. The third-order valence-corrected chi connectivity index (χ3v) is 6.37. The SMILES string of the molecule is Cl.O=C1NC(=O)c2c1c1c3ccccc3[nH]c1c1c2c2cccc3c2n1CCNC3. The van der Waals surface area contributed by atoms with Crippen molar-refractivity contribution in [2.75, 3.05) is 6.54 Å². The number of imide groups is 1. The smallest absolute Gasteiger partial charge is 0.259 e. The zero-order valence-corrected chi connectivity index (χ0v) is 16.7. The number of hydrogen-bond acceptors (Lipinski definition) is 3. The van der Waals surface area contributed by atoms with Crippen molar-refractivity contribution >= 4 is 67.8 Å². The van der Waals surface area contributed by atoms with Gasteiger partial charge in [0.05, 0.1) is 27.7 Å². The summed E-state index contributed by atoms with van der Waals surface area (Å²) >= 11 is 0. The predicted molar refractivity (Wildman–Crippen MR) is 120 cm³/mol. The molecule has 0 fully saturated rings. The van der Waals surface area contributed by atoms with E-state index in [0.717, 1.165) is 63.2 Å². The molecule has 4 heterocycles. The van der Waals surface area contributed by atoms with Gasteiger partial charge in [-0.3, -0.25) is 14.9 Å². The van der Waals surface area contributed by atoms with E-state index < -0.39 is 0 Å². The monoisotopic (exact) mass is 416 g/mol. The van der Waals surface area contributed by atoms with E-state index in [1.165, 1.54) is 5.56 Å². The number of carbonyl (C=O) groups excluding carboxylic acids is 2. The summed E-state index contributed by atoms with van der Waals surface area (Å²) < 4.78 is 2.31. The number of aromatic amines is 1. The van der Waals surface area contributed by atoms with Crippen LogP contribution in [-0.4, -0.2) is 27.9 Å². The number of nitrogens with one attached hydrogen (secondary N) is 3. The summed E-state index contributed by atoms with van der Waals surface area (Å²) in [6.45, 7) is 2.43. The fraction of sp³-hybridized carbons (Fsp3) is 0.130. The van der Waals surface area contributed by atoms with Gasteiger partial charge >= 0.3 is 0 Å². The molecule has 0 atom stereocenters. The second kappa shape index (κ2) is 5.84. The van der Waals surface area contributed by atoms with Crippen molar-refractivity contribution in [3.05, 3.63) is 59.2 Å². The van der Waals surface area contributed by atoms with E-state index in [1.807, 2.05) is 30.3 Å². The Kier molecular flexibility index (Phi) is 3.41. The number of carbonyl (C=O) groups is 2. The average molecular weight is 417 g/mol. The van der Waals surface area contributed by atoms with Crippen LogP contribution in [0.3, 0.4) is 0 Å². The van der Waals surface area contributed by atoms with Crippen molar-refractivity contribution in [2.24, 2.45) is 0 Å². The number of hydrogen-bond donors (Lipinski definition) is 3. The number of amides is 2. The molecule has 0 aliphatic carbocycles. The lowest BCUT2D eigenvalue weighted by Gasteiger charge is -2.08. The van der Waals surface area contributed by atoms with E-state index in [1.54, 1.807) is 0 Å². The summed E-state index contributed by atoms with van der Waals surface area (Å²) in [6.07, 6.45) is 0. The van der Waals surface area contributed by atoms with Crippen LogP contribution in [0, 0.1) is 0 Å². The fourth-order valence-electron chi connectivity index (χ4n) is 5.29. The number of aromatic nitrogens is 2. The summed E-state index contributed by atoms with van der Waals surface area (Å²) in [5, 5.41) is 9.74. The maximum atomic E-state index is 12.9. The van der Waals surface area contributed by atoms with Crippen LogP contribution in [0.2, 0.25) is 0 Å². The molecule has 0 saturated heterocycles.